The van der Waals surface area contributed by atoms with E-state index in [1.165, 1.54) is 17.5 Å². The fourth-order valence-corrected chi connectivity index (χ4v) is 3.56. The van der Waals surface area contributed by atoms with Gasteiger partial charge in [-0.05, 0) is 67.0 Å². The van der Waals surface area contributed by atoms with Gasteiger partial charge in [0.2, 0.25) is 0 Å². The monoisotopic (exact) mass is 382 g/mol. The van der Waals surface area contributed by atoms with Gasteiger partial charge in [0, 0.05) is 12.1 Å². The molecule has 0 atom stereocenters. The van der Waals surface area contributed by atoms with Gasteiger partial charge < -0.3 is 20.0 Å². The molecule has 0 spiro atoms. The van der Waals surface area contributed by atoms with E-state index in [2.05, 4.69) is 10.5 Å². The second-order valence-electron chi connectivity index (χ2n) is 6.83. The lowest BCUT2D eigenvalue weighted by Gasteiger charge is -2.16. The molecule has 1 aliphatic carbocycles. The van der Waals surface area contributed by atoms with Crippen molar-refractivity contribution in [2.24, 2.45) is 5.16 Å². The Labute approximate surface area is 165 Å². The summed E-state index contributed by atoms with van der Waals surface area (Å²) in [7, 11) is 3.18. The lowest BCUT2D eigenvalue weighted by Crippen LogP contribution is -2.33. The first-order valence-corrected chi connectivity index (χ1v) is 9.49. The van der Waals surface area contributed by atoms with Crippen molar-refractivity contribution in [3.8, 4) is 11.5 Å². The number of carbonyl (C=O) groups excluding carboxylic acids is 1. The minimum Gasteiger partial charge on any atom is -0.493 e. The molecule has 0 unspecified atom stereocenters. The molecule has 28 heavy (non-hydrogen) atoms. The molecule has 0 heterocycles. The maximum Gasteiger partial charge on any atom is 0.273 e. The molecule has 0 bridgehead atoms. The van der Waals surface area contributed by atoms with Gasteiger partial charge in [-0.2, -0.15) is 0 Å². The Balaban J connectivity index is 1.62. The Morgan fingerprint density at radius 1 is 1.04 bits per heavy atom. The predicted octanol–water partition coefficient (Wildman–Crippen LogP) is 3.12. The number of hydrogen-bond acceptors (Lipinski definition) is 5. The second kappa shape index (κ2) is 9.26. The summed E-state index contributed by atoms with van der Waals surface area (Å²) in [5.41, 5.74) is 4.26. The highest BCUT2D eigenvalue weighted by Crippen LogP contribution is 2.27. The molecular formula is C22H26N2O4. The molecule has 1 aliphatic rings. The van der Waals surface area contributed by atoms with E-state index in [9.17, 15) is 10.0 Å². The van der Waals surface area contributed by atoms with Gasteiger partial charge in [0.05, 0.1) is 14.2 Å². The number of oxime groups is 1. The quantitative estimate of drug-likeness (QED) is 0.438. The van der Waals surface area contributed by atoms with Crippen LogP contribution in [0.15, 0.2) is 41.6 Å². The van der Waals surface area contributed by atoms with Gasteiger partial charge in [-0.1, -0.05) is 23.4 Å². The first-order chi connectivity index (χ1) is 13.7. The Bertz CT molecular complexity index is 877. The number of amides is 1. The van der Waals surface area contributed by atoms with Crippen molar-refractivity contribution in [2.75, 3.05) is 20.8 Å². The molecule has 0 saturated heterocycles. The number of rotatable bonds is 7. The lowest BCUT2D eigenvalue weighted by molar-refractivity contribution is -0.114. The van der Waals surface area contributed by atoms with Crippen molar-refractivity contribution < 1.29 is 19.5 Å². The van der Waals surface area contributed by atoms with E-state index >= 15 is 0 Å². The largest absolute Gasteiger partial charge is 0.493 e. The molecule has 0 aliphatic heterocycles. The summed E-state index contributed by atoms with van der Waals surface area (Å²) >= 11 is 0. The van der Waals surface area contributed by atoms with Crippen molar-refractivity contribution in [1.29, 1.82) is 0 Å². The minimum atomic E-state index is -0.390. The molecule has 0 saturated carbocycles. The average molecular weight is 382 g/mol. The highest BCUT2D eigenvalue weighted by molar-refractivity contribution is 6.45. The molecule has 2 aromatic rings. The third-order valence-corrected chi connectivity index (χ3v) is 5.08. The van der Waals surface area contributed by atoms with E-state index in [4.69, 9.17) is 9.47 Å². The van der Waals surface area contributed by atoms with Crippen LogP contribution in [0.5, 0.6) is 11.5 Å². The molecule has 6 nitrogen and oxygen atoms in total. The standard InChI is InChI=1S/C22H26N2O4/c1-27-19-10-7-15(13-20(19)28-2)11-12-23-22(25)21(24-26)18-9-8-16-5-3-4-6-17(16)14-18/h7-10,13-14,26H,3-6,11-12H2,1-2H3,(H,23,25). The van der Waals surface area contributed by atoms with Gasteiger partial charge in [0.15, 0.2) is 17.2 Å². The molecule has 2 aromatic carbocycles. The molecule has 2 N–H and O–H groups in total. The third kappa shape index (κ3) is 4.44. The van der Waals surface area contributed by atoms with E-state index in [-0.39, 0.29) is 5.71 Å². The molecule has 148 valence electrons. The second-order valence-corrected chi connectivity index (χ2v) is 6.83. The van der Waals surface area contributed by atoms with Crippen LogP contribution < -0.4 is 14.8 Å². The summed E-state index contributed by atoms with van der Waals surface area (Å²) < 4.78 is 10.5. The zero-order valence-corrected chi connectivity index (χ0v) is 16.3. The summed E-state index contributed by atoms with van der Waals surface area (Å²) in [4.78, 5) is 12.5. The topological polar surface area (TPSA) is 80.2 Å². The SMILES string of the molecule is COc1ccc(CCNC(=O)C(=NO)c2ccc3c(c2)CCCC3)cc1OC. The van der Waals surface area contributed by atoms with Crippen molar-refractivity contribution in [1.82, 2.24) is 5.32 Å². The summed E-state index contributed by atoms with van der Waals surface area (Å²) in [5.74, 6) is 0.925. The van der Waals surface area contributed by atoms with E-state index in [1.54, 1.807) is 14.2 Å². The van der Waals surface area contributed by atoms with Crippen LogP contribution >= 0.6 is 0 Å². The van der Waals surface area contributed by atoms with Crippen LogP contribution in [0.25, 0.3) is 0 Å². The summed E-state index contributed by atoms with van der Waals surface area (Å²) in [5, 5.41) is 15.5. The number of ether oxygens (including phenoxy) is 2. The van der Waals surface area contributed by atoms with Gasteiger partial charge >= 0.3 is 0 Å². The van der Waals surface area contributed by atoms with E-state index < -0.39 is 5.91 Å². The highest BCUT2D eigenvalue weighted by Gasteiger charge is 2.17. The summed E-state index contributed by atoms with van der Waals surface area (Å²) in [6.07, 6.45) is 5.04. The Hall–Kier alpha value is -3.02. The fraction of sp³-hybridized carbons (Fsp3) is 0.364. The van der Waals surface area contributed by atoms with E-state index in [1.807, 2.05) is 36.4 Å². The Morgan fingerprint density at radius 3 is 2.50 bits per heavy atom. The summed E-state index contributed by atoms with van der Waals surface area (Å²) in [6, 6.07) is 11.5. The molecule has 0 aromatic heterocycles. The molecule has 0 radical (unpaired) electrons. The van der Waals surface area contributed by atoms with Crippen LogP contribution in [0.3, 0.4) is 0 Å². The maximum atomic E-state index is 12.5. The Morgan fingerprint density at radius 2 is 1.79 bits per heavy atom. The zero-order chi connectivity index (χ0) is 19.9. The lowest BCUT2D eigenvalue weighted by atomic mass is 9.89. The van der Waals surface area contributed by atoms with Crippen LogP contribution in [-0.2, 0) is 24.1 Å². The normalized spacial score (nSPS) is 13.6. The number of carbonyl (C=O) groups is 1. The van der Waals surface area contributed by atoms with E-state index in [0.29, 0.717) is 30.0 Å². The number of benzene rings is 2. The molecule has 6 heteroatoms. The van der Waals surface area contributed by atoms with Gasteiger partial charge in [-0.3, -0.25) is 4.79 Å². The maximum absolute atomic E-state index is 12.5. The van der Waals surface area contributed by atoms with Crippen LogP contribution in [0.2, 0.25) is 0 Å². The number of fused-ring (bicyclic) bond motifs is 1. The van der Waals surface area contributed by atoms with Crippen molar-refractivity contribution in [3.05, 3.63) is 58.7 Å². The number of nitrogens with zero attached hydrogens (tertiary/aromatic N) is 1. The molecule has 3 rings (SSSR count). The summed E-state index contributed by atoms with van der Waals surface area (Å²) in [6.45, 7) is 0.415. The van der Waals surface area contributed by atoms with Crippen LogP contribution in [0.4, 0.5) is 0 Å². The van der Waals surface area contributed by atoms with Gasteiger partial charge in [0.25, 0.3) is 5.91 Å². The molecule has 1 amide bonds. The first kappa shape index (κ1) is 19.7. The average Bonchev–Trinajstić information content (AvgIpc) is 2.74. The number of methoxy groups -OCH3 is 2. The van der Waals surface area contributed by atoms with Gasteiger partial charge in [-0.15, -0.1) is 0 Å². The van der Waals surface area contributed by atoms with Gasteiger partial charge in [0.1, 0.15) is 0 Å². The smallest absolute Gasteiger partial charge is 0.273 e. The fourth-order valence-electron chi connectivity index (χ4n) is 3.56. The van der Waals surface area contributed by atoms with Crippen LogP contribution in [-0.4, -0.2) is 37.6 Å². The number of hydrogen-bond donors (Lipinski definition) is 2. The predicted molar refractivity (Wildman–Crippen MR) is 108 cm³/mol. The Kier molecular flexibility index (Phi) is 6.53. The van der Waals surface area contributed by atoms with Gasteiger partial charge in [-0.25, -0.2) is 0 Å². The minimum absolute atomic E-state index is 0.0423. The van der Waals surface area contributed by atoms with Crippen molar-refractivity contribution in [3.63, 3.8) is 0 Å². The van der Waals surface area contributed by atoms with Crippen molar-refractivity contribution in [2.45, 2.75) is 32.1 Å². The van der Waals surface area contributed by atoms with Crippen LogP contribution in [0.1, 0.15) is 35.1 Å². The third-order valence-electron chi connectivity index (χ3n) is 5.08. The highest BCUT2D eigenvalue weighted by atomic mass is 16.5. The molecular weight excluding hydrogens is 356 g/mol. The van der Waals surface area contributed by atoms with Crippen LogP contribution in [0, 0.1) is 0 Å². The van der Waals surface area contributed by atoms with E-state index in [0.717, 1.165) is 24.8 Å². The van der Waals surface area contributed by atoms with Crippen molar-refractivity contribution >= 4 is 11.6 Å². The number of aryl methyl sites for hydroxylation is 2. The number of nitrogens with one attached hydrogen (secondary N) is 1. The molecule has 0 fully saturated rings. The first-order valence-electron chi connectivity index (χ1n) is 9.49. The zero-order valence-electron chi connectivity index (χ0n) is 16.3.